The number of hydrogen-bond donors (Lipinski definition) is 2. The van der Waals surface area contributed by atoms with Crippen LogP contribution in [0, 0.1) is 0 Å². The molecule has 0 atom stereocenters. The minimum absolute atomic E-state index is 0.0574. The molecule has 0 unspecified atom stereocenters. The van der Waals surface area contributed by atoms with Crippen LogP contribution in [0.2, 0.25) is 0 Å². The number of fused-ring (bicyclic) bond motifs is 2. The van der Waals surface area contributed by atoms with Crippen molar-refractivity contribution in [2.24, 2.45) is 0 Å². The van der Waals surface area contributed by atoms with E-state index in [-0.39, 0.29) is 11.4 Å². The summed E-state index contributed by atoms with van der Waals surface area (Å²) in [5.41, 5.74) is 1.69. The van der Waals surface area contributed by atoms with Crippen LogP contribution >= 0.6 is 11.3 Å². The molecule has 3 aromatic heterocycles. The van der Waals surface area contributed by atoms with Gasteiger partial charge in [-0.15, -0.1) is 11.3 Å². The number of aromatic nitrogens is 3. The number of benzene rings is 2. The van der Waals surface area contributed by atoms with E-state index in [1.54, 1.807) is 32.9 Å². The Labute approximate surface area is 216 Å². The lowest BCUT2D eigenvalue weighted by Gasteiger charge is -2.19. The van der Waals surface area contributed by atoms with Crippen LogP contribution in [-0.4, -0.2) is 42.3 Å². The molecule has 0 aliphatic heterocycles. The molecular formula is C27H25N3O6S. The van der Waals surface area contributed by atoms with E-state index >= 15 is 0 Å². The fraction of sp³-hybridized carbons (Fsp3) is 0.222. The molecular weight excluding hydrogens is 494 g/mol. The highest BCUT2D eigenvalue weighted by Gasteiger charge is 2.27. The summed E-state index contributed by atoms with van der Waals surface area (Å²) in [7, 11) is 0. The zero-order chi connectivity index (χ0) is 26.3. The smallest absolute Gasteiger partial charge is 0.435 e. The maximum absolute atomic E-state index is 13.1. The summed E-state index contributed by atoms with van der Waals surface area (Å²) in [4.78, 5) is 26.2. The summed E-state index contributed by atoms with van der Waals surface area (Å²) in [6.07, 6.45) is -1.91. The fourth-order valence-corrected chi connectivity index (χ4v) is 5.12. The molecule has 0 fully saturated rings. The second kappa shape index (κ2) is 9.38. The lowest BCUT2D eigenvalue weighted by Crippen LogP contribution is -2.27. The van der Waals surface area contributed by atoms with Crippen molar-refractivity contribution in [1.29, 1.82) is 0 Å². The zero-order valence-corrected chi connectivity index (χ0v) is 21.3. The number of aromatic hydroxyl groups is 1. The van der Waals surface area contributed by atoms with E-state index in [2.05, 4.69) is 5.10 Å². The highest BCUT2D eigenvalue weighted by atomic mass is 32.1. The van der Waals surface area contributed by atoms with Gasteiger partial charge in [-0.2, -0.15) is 9.78 Å². The van der Waals surface area contributed by atoms with Crippen molar-refractivity contribution in [2.45, 2.75) is 39.6 Å². The van der Waals surface area contributed by atoms with Gasteiger partial charge in [-0.05, 0) is 50.6 Å². The van der Waals surface area contributed by atoms with Crippen molar-refractivity contribution in [3.8, 4) is 17.1 Å². The van der Waals surface area contributed by atoms with E-state index in [1.165, 1.54) is 23.5 Å². The maximum atomic E-state index is 13.1. The summed E-state index contributed by atoms with van der Waals surface area (Å²) < 4.78 is 14.3. The first-order valence-corrected chi connectivity index (χ1v) is 12.4. The van der Waals surface area contributed by atoms with Crippen LogP contribution in [-0.2, 0) is 22.7 Å². The zero-order valence-electron chi connectivity index (χ0n) is 20.5. The average molecular weight is 520 g/mol. The van der Waals surface area contributed by atoms with Crippen LogP contribution in [0.5, 0.6) is 5.75 Å². The van der Waals surface area contributed by atoms with E-state index in [0.29, 0.717) is 40.0 Å². The number of nitrogens with zero attached hydrogens (tertiary/aromatic N) is 3. The van der Waals surface area contributed by atoms with Crippen LogP contribution in [0.3, 0.4) is 0 Å². The summed E-state index contributed by atoms with van der Waals surface area (Å²) in [6, 6.07) is 17.8. The molecule has 0 saturated carbocycles. The van der Waals surface area contributed by atoms with Gasteiger partial charge < -0.3 is 19.7 Å². The Morgan fingerprint density at radius 3 is 2.46 bits per heavy atom. The number of hydrogen-bond acceptors (Lipinski definition) is 7. The second-order valence-electron chi connectivity index (χ2n) is 9.54. The molecule has 2 aromatic carbocycles. The van der Waals surface area contributed by atoms with E-state index in [9.17, 15) is 19.8 Å². The average Bonchev–Trinajstić information content (AvgIpc) is 3.49. The van der Waals surface area contributed by atoms with Gasteiger partial charge in [0.2, 0.25) is 0 Å². The SMILES string of the molecule is CC(C)(C)OC(=O)n1nc(-c2cc3ccc(O)cc3n2C(=O)O)c2sc(COCc3ccccc3)cc21. The van der Waals surface area contributed by atoms with Gasteiger partial charge >= 0.3 is 12.2 Å². The predicted molar refractivity (Wildman–Crippen MR) is 140 cm³/mol. The van der Waals surface area contributed by atoms with Crippen molar-refractivity contribution >= 4 is 44.6 Å². The van der Waals surface area contributed by atoms with E-state index in [0.717, 1.165) is 19.7 Å². The van der Waals surface area contributed by atoms with Crippen molar-refractivity contribution < 1.29 is 29.3 Å². The Hall–Kier alpha value is -4.15. The van der Waals surface area contributed by atoms with Gasteiger partial charge in [-0.3, -0.25) is 0 Å². The van der Waals surface area contributed by atoms with Crippen LogP contribution in [0.4, 0.5) is 9.59 Å². The van der Waals surface area contributed by atoms with E-state index in [4.69, 9.17) is 9.47 Å². The number of rotatable bonds is 5. The van der Waals surface area contributed by atoms with Crippen molar-refractivity contribution in [3.05, 3.63) is 71.1 Å². The fourth-order valence-electron chi connectivity index (χ4n) is 4.05. The minimum atomic E-state index is -1.24. The molecule has 0 radical (unpaired) electrons. The Morgan fingerprint density at radius 2 is 1.76 bits per heavy atom. The Bertz CT molecular complexity index is 1620. The molecule has 0 saturated heterocycles. The molecule has 9 nitrogen and oxygen atoms in total. The van der Waals surface area contributed by atoms with Gasteiger partial charge in [-0.25, -0.2) is 14.2 Å². The van der Waals surface area contributed by atoms with Gasteiger partial charge in [0.15, 0.2) is 0 Å². The molecule has 190 valence electrons. The highest BCUT2D eigenvalue weighted by molar-refractivity contribution is 7.19. The van der Waals surface area contributed by atoms with Crippen LogP contribution in [0.25, 0.3) is 32.5 Å². The van der Waals surface area contributed by atoms with Crippen molar-refractivity contribution in [2.75, 3.05) is 0 Å². The Balaban J connectivity index is 1.60. The Morgan fingerprint density at radius 1 is 1.00 bits per heavy atom. The van der Waals surface area contributed by atoms with Crippen LogP contribution < -0.4 is 0 Å². The molecule has 3 heterocycles. The van der Waals surface area contributed by atoms with E-state index in [1.807, 2.05) is 36.4 Å². The van der Waals surface area contributed by atoms with Crippen LogP contribution in [0.15, 0.2) is 60.7 Å². The standard InChI is InChI=1S/C27H25N3O6S/c1-27(2,3)36-26(34)30-22-13-19(15-35-14-16-7-5-4-6-8-16)37-24(22)23(28-30)21-11-17-9-10-18(31)12-20(17)29(21)25(32)33/h4-13,31H,14-15H2,1-3H3,(H,32,33). The summed E-state index contributed by atoms with van der Waals surface area (Å²) >= 11 is 1.37. The quantitative estimate of drug-likeness (QED) is 0.274. The number of carboxylic acid groups (broad SMARTS) is 1. The van der Waals surface area contributed by atoms with Gasteiger partial charge in [0.25, 0.3) is 0 Å². The molecule has 5 rings (SSSR count). The normalized spacial score (nSPS) is 11.9. The van der Waals surface area contributed by atoms with Gasteiger partial charge in [0.1, 0.15) is 17.0 Å². The minimum Gasteiger partial charge on any atom is -0.508 e. The number of carbonyl (C=O) groups is 2. The monoisotopic (exact) mass is 519 g/mol. The number of phenols is 1. The molecule has 0 amide bonds. The first-order valence-electron chi connectivity index (χ1n) is 11.6. The molecule has 0 aliphatic carbocycles. The number of carbonyl (C=O) groups excluding carboxylic acids is 1. The molecule has 37 heavy (non-hydrogen) atoms. The first-order chi connectivity index (χ1) is 17.6. The molecule has 0 aliphatic rings. The van der Waals surface area contributed by atoms with Gasteiger partial charge in [0.05, 0.1) is 34.6 Å². The highest BCUT2D eigenvalue weighted by Crippen LogP contribution is 2.38. The van der Waals surface area contributed by atoms with Crippen LogP contribution in [0.1, 0.15) is 31.2 Å². The number of phenolic OH excluding ortho intramolecular Hbond substituents is 1. The lowest BCUT2D eigenvalue weighted by atomic mass is 10.2. The summed E-state index contributed by atoms with van der Waals surface area (Å²) in [6.45, 7) is 6.02. The number of thiophene rings is 1. The first kappa shape index (κ1) is 24.5. The molecule has 10 heteroatoms. The molecule has 5 aromatic rings. The lowest BCUT2D eigenvalue weighted by molar-refractivity contribution is 0.0523. The second-order valence-corrected chi connectivity index (χ2v) is 10.7. The van der Waals surface area contributed by atoms with E-state index < -0.39 is 17.8 Å². The third kappa shape index (κ3) is 4.93. The maximum Gasteiger partial charge on any atom is 0.435 e. The van der Waals surface area contributed by atoms with Crippen molar-refractivity contribution in [3.63, 3.8) is 0 Å². The molecule has 0 spiro atoms. The predicted octanol–water partition coefficient (Wildman–Crippen LogP) is 6.45. The molecule has 2 N–H and O–H groups in total. The van der Waals surface area contributed by atoms with Gasteiger partial charge in [0, 0.05) is 16.3 Å². The van der Waals surface area contributed by atoms with Gasteiger partial charge in [-0.1, -0.05) is 30.3 Å². The topological polar surface area (TPSA) is 116 Å². The number of ether oxygens (including phenoxy) is 2. The van der Waals surface area contributed by atoms with Crippen molar-refractivity contribution in [1.82, 2.24) is 14.3 Å². The largest absolute Gasteiger partial charge is 0.508 e. The molecule has 0 bridgehead atoms. The summed E-state index contributed by atoms with van der Waals surface area (Å²) in [5, 5.41) is 25.1. The summed E-state index contributed by atoms with van der Waals surface area (Å²) in [5.74, 6) is -0.0574. The Kier molecular flexibility index (Phi) is 6.22. The third-order valence-corrected chi connectivity index (χ3v) is 6.66. The third-order valence-electron chi connectivity index (χ3n) is 5.55.